The van der Waals surface area contributed by atoms with Gasteiger partial charge in [-0.15, -0.1) is 0 Å². The lowest BCUT2D eigenvalue weighted by Gasteiger charge is -2.29. The fraction of sp³-hybridized carbons (Fsp3) is 1.00. The number of ether oxygens (including phenoxy) is 1. The molecule has 1 rings (SSSR count). The van der Waals surface area contributed by atoms with Crippen LogP contribution in [0.4, 0.5) is 0 Å². The molecular weight excluding hydrogens is 128 g/mol. The summed E-state index contributed by atoms with van der Waals surface area (Å²) in [4.78, 5) is 0. The van der Waals surface area contributed by atoms with Gasteiger partial charge < -0.3 is 9.84 Å². The third kappa shape index (κ3) is 1.96. The Kier molecular flexibility index (Phi) is 2.69. The van der Waals surface area contributed by atoms with E-state index in [0.29, 0.717) is 5.92 Å². The van der Waals surface area contributed by atoms with E-state index < -0.39 is 0 Å². The molecule has 0 spiro atoms. The largest absolute Gasteiger partial charge is 0.393 e. The highest BCUT2D eigenvalue weighted by atomic mass is 16.5. The van der Waals surface area contributed by atoms with E-state index in [1.165, 1.54) is 0 Å². The van der Waals surface area contributed by atoms with Crippen LogP contribution in [0.15, 0.2) is 0 Å². The molecule has 0 unspecified atom stereocenters. The van der Waals surface area contributed by atoms with E-state index in [1.54, 1.807) is 0 Å². The predicted molar refractivity (Wildman–Crippen MR) is 39.8 cm³/mol. The van der Waals surface area contributed by atoms with E-state index in [4.69, 9.17) is 4.74 Å². The van der Waals surface area contributed by atoms with Crippen LogP contribution in [-0.4, -0.2) is 23.9 Å². The fourth-order valence-corrected chi connectivity index (χ4v) is 1.27. The monoisotopic (exact) mass is 144 g/mol. The van der Waals surface area contributed by atoms with Crippen LogP contribution in [0.2, 0.25) is 0 Å². The molecule has 2 heteroatoms. The molecule has 2 atom stereocenters. The average Bonchev–Trinajstić information content (AvgIpc) is 1.88. The Morgan fingerprint density at radius 3 is 2.60 bits per heavy atom. The quantitative estimate of drug-likeness (QED) is 0.599. The third-order valence-electron chi connectivity index (χ3n) is 2.03. The van der Waals surface area contributed by atoms with E-state index >= 15 is 0 Å². The Morgan fingerprint density at radius 2 is 2.20 bits per heavy atom. The molecule has 0 aromatic carbocycles. The van der Waals surface area contributed by atoms with Crippen LogP contribution in [0, 0.1) is 5.92 Å². The Hall–Kier alpha value is -0.0800. The summed E-state index contributed by atoms with van der Waals surface area (Å²) in [6, 6.07) is 0. The summed E-state index contributed by atoms with van der Waals surface area (Å²) < 4.78 is 5.45. The lowest BCUT2D eigenvalue weighted by molar-refractivity contribution is -0.0627. The lowest BCUT2D eigenvalue weighted by Crippen LogP contribution is -2.32. The zero-order chi connectivity index (χ0) is 7.56. The van der Waals surface area contributed by atoms with Gasteiger partial charge in [0.1, 0.15) is 0 Å². The van der Waals surface area contributed by atoms with Gasteiger partial charge in [-0.05, 0) is 18.8 Å². The number of hydrogen-bond acceptors (Lipinski definition) is 2. The molecule has 0 aromatic rings. The van der Waals surface area contributed by atoms with E-state index in [1.807, 2.05) is 0 Å². The smallest absolute Gasteiger partial charge is 0.0622 e. The Morgan fingerprint density at radius 1 is 1.50 bits per heavy atom. The van der Waals surface area contributed by atoms with Gasteiger partial charge >= 0.3 is 0 Å². The molecule has 0 amide bonds. The van der Waals surface area contributed by atoms with Gasteiger partial charge in [-0.25, -0.2) is 0 Å². The topological polar surface area (TPSA) is 29.5 Å². The first-order valence-corrected chi connectivity index (χ1v) is 4.00. The van der Waals surface area contributed by atoms with Crippen molar-refractivity contribution in [1.29, 1.82) is 0 Å². The second-order valence-electron chi connectivity index (χ2n) is 3.33. The van der Waals surface area contributed by atoms with E-state index in [0.717, 1.165) is 19.4 Å². The Labute approximate surface area is 62.2 Å². The van der Waals surface area contributed by atoms with Crippen LogP contribution >= 0.6 is 0 Å². The highest BCUT2D eigenvalue weighted by Crippen LogP contribution is 2.19. The van der Waals surface area contributed by atoms with Gasteiger partial charge in [0.05, 0.1) is 12.2 Å². The molecule has 1 heterocycles. The first kappa shape index (κ1) is 8.02. The van der Waals surface area contributed by atoms with Crippen molar-refractivity contribution in [3.63, 3.8) is 0 Å². The van der Waals surface area contributed by atoms with Crippen molar-refractivity contribution in [3.8, 4) is 0 Å². The van der Waals surface area contributed by atoms with Crippen LogP contribution in [-0.2, 0) is 4.74 Å². The highest BCUT2D eigenvalue weighted by Gasteiger charge is 2.22. The fourth-order valence-electron chi connectivity index (χ4n) is 1.27. The molecule has 0 bridgehead atoms. The van der Waals surface area contributed by atoms with E-state index in [2.05, 4.69) is 13.8 Å². The average molecular weight is 144 g/mol. The van der Waals surface area contributed by atoms with Gasteiger partial charge in [0, 0.05) is 6.61 Å². The number of aliphatic hydroxyl groups is 1. The van der Waals surface area contributed by atoms with Crippen LogP contribution in [0.1, 0.15) is 26.7 Å². The van der Waals surface area contributed by atoms with Crippen LogP contribution < -0.4 is 0 Å². The van der Waals surface area contributed by atoms with Crippen molar-refractivity contribution in [2.75, 3.05) is 6.61 Å². The molecule has 60 valence electrons. The first-order chi connectivity index (χ1) is 4.70. The van der Waals surface area contributed by atoms with Gasteiger partial charge in [0.25, 0.3) is 0 Å². The second kappa shape index (κ2) is 3.35. The van der Waals surface area contributed by atoms with E-state index in [-0.39, 0.29) is 12.2 Å². The maximum absolute atomic E-state index is 9.25. The molecule has 2 nitrogen and oxygen atoms in total. The molecule has 0 aliphatic carbocycles. The van der Waals surface area contributed by atoms with Gasteiger partial charge in [0.2, 0.25) is 0 Å². The van der Waals surface area contributed by atoms with Crippen LogP contribution in [0.5, 0.6) is 0 Å². The SMILES string of the molecule is CC(C)[C@H]1C[C@H](O)CCO1. The highest BCUT2D eigenvalue weighted by molar-refractivity contribution is 4.72. The summed E-state index contributed by atoms with van der Waals surface area (Å²) in [6.07, 6.45) is 1.78. The minimum absolute atomic E-state index is 0.124. The summed E-state index contributed by atoms with van der Waals surface area (Å²) in [7, 11) is 0. The number of hydrogen-bond donors (Lipinski definition) is 1. The minimum atomic E-state index is -0.124. The summed E-state index contributed by atoms with van der Waals surface area (Å²) in [5.74, 6) is 0.537. The summed E-state index contributed by atoms with van der Waals surface area (Å²) >= 11 is 0. The zero-order valence-electron chi connectivity index (χ0n) is 6.71. The van der Waals surface area contributed by atoms with Crippen molar-refractivity contribution in [2.24, 2.45) is 5.92 Å². The molecule has 1 aliphatic rings. The molecule has 0 aromatic heterocycles. The third-order valence-corrected chi connectivity index (χ3v) is 2.03. The molecule has 10 heavy (non-hydrogen) atoms. The van der Waals surface area contributed by atoms with Crippen molar-refractivity contribution < 1.29 is 9.84 Å². The molecule has 1 aliphatic heterocycles. The molecule has 0 saturated carbocycles. The summed E-state index contributed by atoms with van der Waals surface area (Å²) in [5, 5.41) is 9.25. The maximum Gasteiger partial charge on any atom is 0.0622 e. The van der Waals surface area contributed by atoms with Gasteiger partial charge in [-0.1, -0.05) is 13.8 Å². The van der Waals surface area contributed by atoms with Gasteiger partial charge in [-0.2, -0.15) is 0 Å². The summed E-state index contributed by atoms with van der Waals surface area (Å²) in [5.41, 5.74) is 0. The minimum Gasteiger partial charge on any atom is -0.393 e. The van der Waals surface area contributed by atoms with Crippen LogP contribution in [0.3, 0.4) is 0 Å². The van der Waals surface area contributed by atoms with Crippen molar-refractivity contribution in [3.05, 3.63) is 0 Å². The maximum atomic E-state index is 9.25. The zero-order valence-corrected chi connectivity index (χ0v) is 6.71. The Balaban J connectivity index is 2.32. The van der Waals surface area contributed by atoms with Gasteiger partial charge in [0.15, 0.2) is 0 Å². The molecule has 1 saturated heterocycles. The molecule has 1 N–H and O–H groups in total. The standard InChI is InChI=1S/C8H16O2/c1-6(2)8-5-7(9)3-4-10-8/h6-9H,3-5H2,1-2H3/t7-,8-/m1/s1. The predicted octanol–water partition coefficient (Wildman–Crippen LogP) is 1.18. The normalized spacial score (nSPS) is 34.8. The number of aliphatic hydroxyl groups excluding tert-OH is 1. The van der Waals surface area contributed by atoms with Crippen molar-refractivity contribution >= 4 is 0 Å². The van der Waals surface area contributed by atoms with E-state index in [9.17, 15) is 5.11 Å². The molecule has 1 fully saturated rings. The Bertz CT molecular complexity index is 101. The molecule has 0 radical (unpaired) electrons. The molecular formula is C8H16O2. The first-order valence-electron chi connectivity index (χ1n) is 4.00. The number of rotatable bonds is 1. The lowest BCUT2D eigenvalue weighted by atomic mass is 9.97. The van der Waals surface area contributed by atoms with Gasteiger partial charge in [-0.3, -0.25) is 0 Å². The van der Waals surface area contributed by atoms with Crippen molar-refractivity contribution in [2.45, 2.75) is 38.9 Å². The second-order valence-corrected chi connectivity index (χ2v) is 3.33. The van der Waals surface area contributed by atoms with Crippen LogP contribution in [0.25, 0.3) is 0 Å². The van der Waals surface area contributed by atoms with Crippen molar-refractivity contribution in [1.82, 2.24) is 0 Å². The summed E-state index contributed by atoms with van der Waals surface area (Å²) in [6.45, 7) is 4.98.